The average molecular weight is 338 g/mol. The van der Waals surface area contributed by atoms with E-state index in [0.29, 0.717) is 10.7 Å². The Bertz CT molecular complexity index is 616. The van der Waals surface area contributed by atoms with Gasteiger partial charge >= 0.3 is 0 Å². The highest BCUT2D eigenvalue weighted by Gasteiger charge is 2.32. The Kier molecular flexibility index (Phi) is 5.26. The van der Waals surface area contributed by atoms with Crippen LogP contribution in [0.1, 0.15) is 20.8 Å². The van der Waals surface area contributed by atoms with Crippen LogP contribution in [0.25, 0.3) is 0 Å². The van der Waals surface area contributed by atoms with Crippen LogP contribution in [0.5, 0.6) is 0 Å². The van der Waals surface area contributed by atoms with E-state index >= 15 is 0 Å². The van der Waals surface area contributed by atoms with Crippen LogP contribution >= 0.6 is 11.6 Å². The SMILES string of the molecule is CC(=O)N(CC(=O)N1CC(=O)N(c2ccc(Cl)cc2)C1)C(C)C. The summed E-state index contributed by atoms with van der Waals surface area (Å²) in [6.45, 7) is 5.32. The molecule has 1 saturated heterocycles. The first-order chi connectivity index (χ1) is 10.8. The Balaban J connectivity index is 2.05. The second-order valence-electron chi connectivity index (χ2n) is 5.77. The first kappa shape index (κ1) is 17.3. The molecule has 0 bridgehead atoms. The van der Waals surface area contributed by atoms with E-state index < -0.39 is 0 Å². The summed E-state index contributed by atoms with van der Waals surface area (Å²) in [5.74, 6) is -0.549. The molecule has 0 spiro atoms. The monoisotopic (exact) mass is 337 g/mol. The molecule has 7 heteroatoms. The molecule has 1 heterocycles. The van der Waals surface area contributed by atoms with Crippen LogP contribution in [0.4, 0.5) is 5.69 Å². The maximum Gasteiger partial charge on any atom is 0.248 e. The minimum Gasteiger partial charge on any atom is -0.331 e. The van der Waals surface area contributed by atoms with Gasteiger partial charge in [-0.1, -0.05) is 11.6 Å². The molecule has 23 heavy (non-hydrogen) atoms. The highest BCUT2D eigenvalue weighted by atomic mass is 35.5. The molecule has 124 valence electrons. The predicted molar refractivity (Wildman–Crippen MR) is 88.0 cm³/mol. The maximum absolute atomic E-state index is 12.4. The van der Waals surface area contributed by atoms with Gasteiger partial charge in [-0.2, -0.15) is 0 Å². The Labute approximate surface area is 140 Å². The molecule has 1 fully saturated rings. The van der Waals surface area contributed by atoms with Gasteiger partial charge in [0.15, 0.2) is 0 Å². The van der Waals surface area contributed by atoms with Gasteiger partial charge in [-0.15, -0.1) is 0 Å². The molecule has 0 aliphatic carbocycles. The quantitative estimate of drug-likeness (QED) is 0.840. The van der Waals surface area contributed by atoms with Crippen LogP contribution in [0.15, 0.2) is 24.3 Å². The van der Waals surface area contributed by atoms with Gasteiger partial charge in [0.1, 0.15) is 19.8 Å². The Hall–Kier alpha value is -2.08. The summed E-state index contributed by atoms with van der Waals surface area (Å²) in [7, 11) is 0. The number of benzene rings is 1. The zero-order chi connectivity index (χ0) is 17.1. The first-order valence-corrected chi connectivity index (χ1v) is 7.78. The minimum absolute atomic E-state index is 0.0191. The van der Waals surface area contributed by atoms with Gasteiger partial charge in [0.2, 0.25) is 17.7 Å². The molecule has 0 radical (unpaired) electrons. The fraction of sp³-hybridized carbons (Fsp3) is 0.438. The van der Waals surface area contributed by atoms with Crippen molar-refractivity contribution >= 4 is 35.0 Å². The lowest BCUT2D eigenvalue weighted by molar-refractivity contribution is -0.140. The van der Waals surface area contributed by atoms with Gasteiger partial charge in [0.25, 0.3) is 0 Å². The van der Waals surface area contributed by atoms with E-state index in [9.17, 15) is 14.4 Å². The fourth-order valence-corrected chi connectivity index (χ4v) is 2.59. The number of hydrogen-bond donors (Lipinski definition) is 0. The van der Waals surface area contributed by atoms with Crippen molar-refractivity contribution in [3.05, 3.63) is 29.3 Å². The minimum atomic E-state index is -0.237. The van der Waals surface area contributed by atoms with E-state index in [4.69, 9.17) is 11.6 Å². The van der Waals surface area contributed by atoms with Gasteiger partial charge in [-0.25, -0.2) is 0 Å². The van der Waals surface area contributed by atoms with Gasteiger partial charge < -0.3 is 9.80 Å². The molecule has 6 nitrogen and oxygen atoms in total. The lowest BCUT2D eigenvalue weighted by atomic mass is 10.3. The molecule has 2 rings (SSSR count). The Morgan fingerprint density at radius 3 is 2.39 bits per heavy atom. The number of rotatable bonds is 4. The van der Waals surface area contributed by atoms with Crippen LogP contribution in [0.3, 0.4) is 0 Å². The van der Waals surface area contributed by atoms with Gasteiger partial charge in [0, 0.05) is 23.7 Å². The van der Waals surface area contributed by atoms with Crippen LogP contribution in [-0.4, -0.2) is 53.3 Å². The second kappa shape index (κ2) is 7.00. The van der Waals surface area contributed by atoms with E-state index in [-0.39, 0.29) is 43.5 Å². The average Bonchev–Trinajstić information content (AvgIpc) is 2.86. The van der Waals surface area contributed by atoms with E-state index in [1.54, 1.807) is 24.3 Å². The summed E-state index contributed by atoms with van der Waals surface area (Å²) in [5, 5.41) is 0.586. The molecule has 0 saturated carbocycles. The third-order valence-electron chi connectivity index (χ3n) is 3.76. The number of carbonyl (C=O) groups is 3. The van der Waals surface area contributed by atoms with E-state index in [2.05, 4.69) is 0 Å². The number of amides is 3. The number of anilines is 1. The smallest absolute Gasteiger partial charge is 0.248 e. The van der Waals surface area contributed by atoms with Crippen molar-refractivity contribution in [3.8, 4) is 0 Å². The van der Waals surface area contributed by atoms with Crippen molar-refractivity contribution in [2.24, 2.45) is 0 Å². The summed E-state index contributed by atoms with van der Waals surface area (Å²) in [6.07, 6.45) is 0. The molecule has 1 aliphatic heterocycles. The van der Waals surface area contributed by atoms with Gasteiger partial charge in [0.05, 0.1) is 0 Å². The topological polar surface area (TPSA) is 60.9 Å². The summed E-state index contributed by atoms with van der Waals surface area (Å²) in [6, 6.07) is 6.81. The molecule has 1 aliphatic rings. The van der Waals surface area contributed by atoms with Crippen molar-refractivity contribution in [1.29, 1.82) is 0 Å². The zero-order valence-corrected chi connectivity index (χ0v) is 14.2. The summed E-state index contributed by atoms with van der Waals surface area (Å²) in [5.41, 5.74) is 0.696. The number of halogens is 1. The Morgan fingerprint density at radius 1 is 1.26 bits per heavy atom. The second-order valence-corrected chi connectivity index (χ2v) is 6.21. The molecule has 1 aromatic carbocycles. The van der Waals surface area contributed by atoms with Gasteiger partial charge in [-0.3, -0.25) is 19.3 Å². The van der Waals surface area contributed by atoms with Gasteiger partial charge in [-0.05, 0) is 38.1 Å². The molecular formula is C16H20ClN3O3. The molecular weight excluding hydrogens is 318 g/mol. The highest BCUT2D eigenvalue weighted by molar-refractivity contribution is 6.30. The summed E-state index contributed by atoms with van der Waals surface area (Å²) in [4.78, 5) is 40.6. The maximum atomic E-state index is 12.4. The van der Waals surface area contributed by atoms with E-state index in [0.717, 1.165) is 0 Å². The lowest BCUT2D eigenvalue weighted by Gasteiger charge is -2.27. The van der Waals surface area contributed by atoms with E-state index in [1.807, 2.05) is 13.8 Å². The summed E-state index contributed by atoms with van der Waals surface area (Å²) < 4.78 is 0. The molecule has 0 atom stereocenters. The van der Waals surface area contributed by atoms with Crippen molar-refractivity contribution < 1.29 is 14.4 Å². The first-order valence-electron chi connectivity index (χ1n) is 7.40. The van der Waals surface area contributed by atoms with E-state index in [1.165, 1.54) is 21.6 Å². The van der Waals surface area contributed by atoms with Crippen molar-refractivity contribution in [2.45, 2.75) is 26.8 Å². The summed E-state index contributed by atoms with van der Waals surface area (Å²) >= 11 is 5.84. The number of nitrogens with zero attached hydrogens (tertiary/aromatic N) is 3. The largest absolute Gasteiger partial charge is 0.331 e. The third kappa shape index (κ3) is 4.01. The molecule has 0 unspecified atom stereocenters. The van der Waals surface area contributed by atoms with Crippen molar-refractivity contribution in [3.63, 3.8) is 0 Å². The normalized spacial score (nSPS) is 14.6. The lowest BCUT2D eigenvalue weighted by Crippen LogP contribution is -2.44. The fourth-order valence-electron chi connectivity index (χ4n) is 2.47. The zero-order valence-electron chi connectivity index (χ0n) is 13.5. The van der Waals surface area contributed by atoms with Crippen molar-refractivity contribution in [2.75, 3.05) is 24.7 Å². The molecule has 1 aromatic rings. The predicted octanol–water partition coefficient (Wildman–Crippen LogP) is 1.73. The Morgan fingerprint density at radius 2 is 1.87 bits per heavy atom. The van der Waals surface area contributed by atoms with Crippen LogP contribution in [0.2, 0.25) is 5.02 Å². The number of hydrogen-bond acceptors (Lipinski definition) is 3. The van der Waals surface area contributed by atoms with Crippen molar-refractivity contribution in [1.82, 2.24) is 9.80 Å². The van der Waals surface area contributed by atoms with Crippen LogP contribution < -0.4 is 4.90 Å². The standard InChI is InChI=1S/C16H20ClN3O3/c1-11(2)19(12(3)21)9-15(22)18-8-16(23)20(10-18)14-6-4-13(17)5-7-14/h4-7,11H,8-10H2,1-3H3. The highest BCUT2D eigenvalue weighted by Crippen LogP contribution is 2.21. The molecule has 0 N–H and O–H groups in total. The molecule has 3 amide bonds. The number of carbonyl (C=O) groups excluding carboxylic acids is 3. The molecule has 0 aromatic heterocycles. The van der Waals surface area contributed by atoms with Crippen LogP contribution in [-0.2, 0) is 14.4 Å². The van der Waals surface area contributed by atoms with Crippen LogP contribution in [0, 0.1) is 0 Å². The third-order valence-corrected chi connectivity index (χ3v) is 4.02.